The standard InChI is InChI=1S/C27H30O4Si/c1-32(2,3)31-25-19-24(30-26(25)28)20-29-27(21-13-7-4-8-14-21,22-15-9-5-10-16-22)23-17-11-6-12-18-23/h4-18,24-25H,19-20H2,1-3H3/t24-,25+/m0/s1. The summed E-state index contributed by atoms with van der Waals surface area (Å²) in [7, 11) is -1.85. The molecule has 0 radical (unpaired) electrons. The molecule has 1 heterocycles. The van der Waals surface area contributed by atoms with Gasteiger partial charge in [0.25, 0.3) is 0 Å². The molecule has 5 heteroatoms. The van der Waals surface area contributed by atoms with Gasteiger partial charge < -0.3 is 13.9 Å². The van der Waals surface area contributed by atoms with Gasteiger partial charge in [-0.15, -0.1) is 0 Å². The van der Waals surface area contributed by atoms with Gasteiger partial charge >= 0.3 is 5.97 Å². The summed E-state index contributed by atoms with van der Waals surface area (Å²) >= 11 is 0. The summed E-state index contributed by atoms with van der Waals surface area (Å²) in [6.45, 7) is 6.51. The summed E-state index contributed by atoms with van der Waals surface area (Å²) in [5.41, 5.74) is 2.25. The van der Waals surface area contributed by atoms with Crippen molar-refractivity contribution in [2.24, 2.45) is 0 Å². The van der Waals surface area contributed by atoms with Gasteiger partial charge in [-0.1, -0.05) is 91.0 Å². The average Bonchev–Trinajstić information content (AvgIpc) is 3.14. The van der Waals surface area contributed by atoms with Gasteiger partial charge in [-0.25, -0.2) is 4.79 Å². The zero-order chi connectivity index (χ0) is 22.6. The monoisotopic (exact) mass is 446 g/mol. The molecule has 2 atom stereocenters. The minimum Gasteiger partial charge on any atom is -0.458 e. The zero-order valence-corrected chi connectivity index (χ0v) is 19.9. The number of carbonyl (C=O) groups excluding carboxylic acids is 1. The van der Waals surface area contributed by atoms with Gasteiger partial charge in [-0.3, -0.25) is 0 Å². The molecule has 0 unspecified atom stereocenters. The van der Waals surface area contributed by atoms with Crippen molar-refractivity contribution < 1.29 is 18.7 Å². The molecular formula is C27H30O4Si. The van der Waals surface area contributed by atoms with Crippen LogP contribution in [0.15, 0.2) is 91.0 Å². The number of esters is 1. The zero-order valence-electron chi connectivity index (χ0n) is 18.9. The van der Waals surface area contributed by atoms with Crippen molar-refractivity contribution in [1.82, 2.24) is 0 Å². The molecule has 1 aliphatic heterocycles. The van der Waals surface area contributed by atoms with Gasteiger partial charge in [-0.2, -0.15) is 0 Å². The third-order valence-electron chi connectivity index (χ3n) is 5.55. The molecule has 1 fully saturated rings. The van der Waals surface area contributed by atoms with Gasteiger partial charge in [0.1, 0.15) is 17.8 Å². The molecule has 0 aliphatic carbocycles. The predicted molar refractivity (Wildman–Crippen MR) is 128 cm³/mol. The highest BCUT2D eigenvalue weighted by Gasteiger charge is 2.42. The highest BCUT2D eigenvalue weighted by molar-refractivity contribution is 6.69. The first-order valence-electron chi connectivity index (χ1n) is 11.1. The van der Waals surface area contributed by atoms with Crippen molar-refractivity contribution in [3.63, 3.8) is 0 Å². The van der Waals surface area contributed by atoms with E-state index in [1.54, 1.807) is 0 Å². The van der Waals surface area contributed by atoms with E-state index in [9.17, 15) is 4.79 Å². The maximum atomic E-state index is 12.4. The lowest BCUT2D eigenvalue weighted by atomic mass is 9.80. The van der Waals surface area contributed by atoms with Crippen LogP contribution in [0, 0.1) is 0 Å². The second kappa shape index (κ2) is 9.41. The fourth-order valence-corrected chi connectivity index (χ4v) is 5.28. The Morgan fingerprint density at radius 3 is 1.66 bits per heavy atom. The third-order valence-corrected chi connectivity index (χ3v) is 6.54. The number of hydrogen-bond donors (Lipinski definition) is 0. The summed E-state index contributed by atoms with van der Waals surface area (Å²) in [6, 6.07) is 30.6. The molecule has 1 saturated heterocycles. The Morgan fingerprint density at radius 1 is 0.812 bits per heavy atom. The highest BCUT2D eigenvalue weighted by atomic mass is 28.4. The Kier molecular flexibility index (Phi) is 6.60. The number of ether oxygens (including phenoxy) is 2. The van der Waals surface area contributed by atoms with Gasteiger partial charge in [0, 0.05) is 6.42 Å². The molecule has 4 nitrogen and oxygen atoms in total. The van der Waals surface area contributed by atoms with Gasteiger partial charge in [0.15, 0.2) is 8.32 Å². The second-order valence-electron chi connectivity index (χ2n) is 9.10. The number of hydrogen-bond acceptors (Lipinski definition) is 4. The number of benzene rings is 3. The van der Waals surface area contributed by atoms with Crippen molar-refractivity contribution >= 4 is 14.3 Å². The number of carbonyl (C=O) groups is 1. The van der Waals surface area contributed by atoms with Gasteiger partial charge in [0.05, 0.1) is 6.61 Å². The van der Waals surface area contributed by atoms with E-state index >= 15 is 0 Å². The fraction of sp³-hybridized carbons (Fsp3) is 0.296. The van der Waals surface area contributed by atoms with E-state index in [-0.39, 0.29) is 18.7 Å². The predicted octanol–water partition coefficient (Wildman–Crippen LogP) is 5.53. The van der Waals surface area contributed by atoms with Crippen LogP contribution < -0.4 is 0 Å². The fourth-order valence-electron chi connectivity index (χ4n) is 4.23. The minimum absolute atomic E-state index is 0.274. The molecule has 166 valence electrons. The summed E-state index contributed by atoms with van der Waals surface area (Å²) in [4.78, 5) is 12.4. The third kappa shape index (κ3) is 4.85. The van der Waals surface area contributed by atoms with Crippen LogP contribution >= 0.6 is 0 Å². The van der Waals surface area contributed by atoms with E-state index < -0.39 is 20.0 Å². The summed E-state index contributed by atoms with van der Waals surface area (Å²) in [6.07, 6.45) is -0.341. The quantitative estimate of drug-likeness (QED) is 0.259. The van der Waals surface area contributed by atoms with E-state index in [2.05, 4.69) is 56.0 Å². The SMILES string of the molecule is C[Si](C)(C)O[C@@H]1C[C@@H](COC(c2ccccc2)(c2ccccc2)c2ccccc2)OC1=O. The van der Waals surface area contributed by atoms with Crippen molar-refractivity contribution in [1.29, 1.82) is 0 Å². The molecule has 32 heavy (non-hydrogen) atoms. The average molecular weight is 447 g/mol. The lowest BCUT2D eigenvalue weighted by molar-refractivity contribution is -0.149. The van der Waals surface area contributed by atoms with Crippen molar-refractivity contribution in [3.05, 3.63) is 108 Å². The van der Waals surface area contributed by atoms with Crippen LogP contribution in [0.5, 0.6) is 0 Å². The Labute approximate surface area is 191 Å². The van der Waals surface area contributed by atoms with Gasteiger partial charge in [-0.05, 0) is 36.3 Å². The first kappa shape index (κ1) is 22.5. The Hall–Kier alpha value is -2.73. The van der Waals surface area contributed by atoms with Crippen LogP contribution in [0.1, 0.15) is 23.1 Å². The van der Waals surface area contributed by atoms with E-state index in [4.69, 9.17) is 13.9 Å². The van der Waals surface area contributed by atoms with Crippen molar-refractivity contribution in [2.75, 3.05) is 6.61 Å². The molecule has 0 N–H and O–H groups in total. The van der Waals surface area contributed by atoms with Crippen molar-refractivity contribution in [3.8, 4) is 0 Å². The van der Waals surface area contributed by atoms with Crippen LogP contribution in [-0.2, 0) is 24.3 Å². The topological polar surface area (TPSA) is 44.8 Å². The molecule has 0 saturated carbocycles. The van der Waals surface area contributed by atoms with Gasteiger partial charge in [0.2, 0.25) is 0 Å². The first-order valence-corrected chi connectivity index (χ1v) is 14.5. The largest absolute Gasteiger partial charge is 0.458 e. The number of cyclic esters (lactones) is 1. The molecule has 0 amide bonds. The van der Waals surface area contributed by atoms with Crippen LogP contribution in [0.4, 0.5) is 0 Å². The smallest absolute Gasteiger partial charge is 0.334 e. The normalized spacial score (nSPS) is 19.0. The molecule has 3 aromatic carbocycles. The maximum Gasteiger partial charge on any atom is 0.334 e. The molecule has 3 aromatic rings. The van der Waals surface area contributed by atoms with Crippen LogP contribution in [0.3, 0.4) is 0 Å². The van der Waals surface area contributed by atoms with Crippen LogP contribution in [0.25, 0.3) is 0 Å². The first-order chi connectivity index (χ1) is 15.4. The molecule has 1 aliphatic rings. The maximum absolute atomic E-state index is 12.4. The van der Waals surface area contributed by atoms with Crippen LogP contribution in [0.2, 0.25) is 19.6 Å². The number of rotatable bonds is 8. The second-order valence-corrected chi connectivity index (χ2v) is 13.6. The molecular weight excluding hydrogens is 416 g/mol. The Morgan fingerprint density at radius 2 is 1.25 bits per heavy atom. The summed E-state index contributed by atoms with van der Waals surface area (Å²) < 4.78 is 18.5. The van der Waals surface area contributed by atoms with Crippen molar-refractivity contribution in [2.45, 2.75) is 43.9 Å². The molecule has 4 rings (SSSR count). The lowest BCUT2D eigenvalue weighted by Crippen LogP contribution is -2.36. The van der Waals surface area contributed by atoms with E-state index in [1.807, 2.05) is 54.6 Å². The van der Waals surface area contributed by atoms with Crippen LogP contribution in [-0.4, -0.2) is 33.1 Å². The molecule has 0 spiro atoms. The lowest BCUT2D eigenvalue weighted by Gasteiger charge is -2.36. The summed E-state index contributed by atoms with van der Waals surface area (Å²) in [5, 5.41) is 0. The van der Waals surface area contributed by atoms with E-state index in [1.165, 1.54) is 0 Å². The highest BCUT2D eigenvalue weighted by Crippen LogP contribution is 2.41. The van der Waals surface area contributed by atoms with E-state index in [0.717, 1.165) is 16.7 Å². The Bertz CT molecular complexity index is 919. The van der Waals surface area contributed by atoms with E-state index in [0.29, 0.717) is 6.42 Å². The Balaban J connectivity index is 1.69. The summed E-state index contributed by atoms with van der Waals surface area (Å²) in [5.74, 6) is -0.286. The molecule has 0 aromatic heterocycles. The molecule has 0 bridgehead atoms. The minimum atomic E-state index is -1.85.